The van der Waals surface area contributed by atoms with Crippen LogP contribution in [0.5, 0.6) is 5.75 Å². The fourth-order valence-electron chi connectivity index (χ4n) is 2.24. The molecule has 0 unspecified atom stereocenters. The fraction of sp³-hybridized carbons (Fsp3) is 0.500. The lowest BCUT2D eigenvalue weighted by Crippen LogP contribution is -2.25. The van der Waals surface area contributed by atoms with E-state index in [2.05, 4.69) is 4.90 Å². The lowest BCUT2D eigenvalue weighted by Gasteiger charge is -2.15. The molecule has 2 N–H and O–H groups in total. The Bertz CT molecular complexity index is 442. The summed E-state index contributed by atoms with van der Waals surface area (Å²) in [4.78, 5) is 14.3. The molecule has 0 bridgehead atoms. The van der Waals surface area contributed by atoms with Crippen molar-refractivity contribution in [1.82, 2.24) is 4.90 Å². The van der Waals surface area contributed by atoms with E-state index < -0.39 is 0 Å². The van der Waals surface area contributed by atoms with E-state index in [1.165, 1.54) is 20.0 Å². The van der Waals surface area contributed by atoms with Crippen molar-refractivity contribution in [3.8, 4) is 5.75 Å². The second-order valence-electron chi connectivity index (χ2n) is 4.64. The average molecular weight is 264 g/mol. The molecule has 2 rings (SSSR count). The van der Waals surface area contributed by atoms with Gasteiger partial charge in [-0.05, 0) is 44.1 Å². The third-order valence-electron chi connectivity index (χ3n) is 3.28. The zero-order valence-electron chi connectivity index (χ0n) is 11.2. The Balaban J connectivity index is 1.89. The summed E-state index contributed by atoms with van der Waals surface area (Å²) in [6, 6.07) is 4.95. The SMILES string of the molecule is COc1ccc(N)cc1C(=O)OCCN1CCCC1. The molecule has 1 aromatic carbocycles. The highest BCUT2D eigenvalue weighted by molar-refractivity contribution is 5.93. The molecule has 1 saturated heterocycles. The van der Waals surface area contributed by atoms with Crippen LogP contribution in [0, 0.1) is 0 Å². The van der Waals surface area contributed by atoms with Gasteiger partial charge in [0.25, 0.3) is 0 Å². The third-order valence-corrected chi connectivity index (χ3v) is 3.28. The predicted molar refractivity (Wildman–Crippen MR) is 73.4 cm³/mol. The van der Waals surface area contributed by atoms with Crippen molar-refractivity contribution >= 4 is 11.7 Å². The molecule has 19 heavy (non-hydrogen) atoms. The molecule has 5 heteroatoms. The number of nitrogens with zero attached hydrogens (tertiary/aromatic N) is 1. The molecular formula is C14H20N2O3. The molecule has 0 radical (unpaired) electrons. The van der Waals surface area contributed by atoms with E-state index in [1.54, 1.807) is 18.2 Å². The summed E-state index contributed by atoms with van der Waals surface area (Å²) in [5.41, 5.74) is 6.58. The minimum Gasteiger partial charge on any atom is -0.496 e. The van der Waals surface area contributed by atoms with Crippen LogP contribution in [0.1, 0.15) is 23.2 Å². The molecule has 0 amide bonds. The predicted octanol–water partition coefficient (Wildman–Crippen LogP) is 1.53. The van der Waals surface area contributed by atoms with Crippen molar-refractivity contribution < 1.29 is 14.3 Å². The van der Waals surface area contributed by atoms with Crippen LogP contribution < -0.4 is 10.5 Å². The van der Waals surface area contributed by atoms with E-state index in [9.17, 15) is 4.79 Å². The first-order chi connectivity index (χ1) is 9.20. The van der Waals surface area contributed by atoms with Crippen LogP contribution in [0.15, 0.2) is 18.2 Å². The minimum absolute atomic E-state index is 0.379. The van der Waals surface area contributed by atoms with Gasteiger partial charge in [-0.15, -0.1) is 0 Å². The number of hydrogen-bond donors (Lipinski definition) is 1. The Morgan fingerprint density at radius 3 is 2.79 bits per heavy atom. The maximum atomic E-state index is 12.0. The zero-order valence-corrected chi connectivity index (χ0v) is 11.2. The Kier molecular flexibility index (Phi) is 4.63. The van der Waals surface area contributed by atoms with Gasteiger partial charge in [0, 0.05) is 12.2 Å². The lowest BCUT2D eigenvalue weighted by atomic mass is 10.2. The second kappa shape index (κ2) is 6.43. The highest BCUT2D eigenvalue weighted by Gasteiger charge is 2.16. The van der Waals surface area contributed by atoms with Crippen LogP contribution in [0.4, 0.5) is 5.69 Å². The number of nitrogen functional groups attached to an aromatic ring is 1. The number of carbonyl (C=O) groups is 1. The van der Waals surface area contributed by atoms with Gasteiger partial charge in [-0.25, -0.2) is 4.79 Å². The lowest BCUT2D eigenvalue weighted by molar-refractivity contribution is 0.0469. The van der Waals surface area contributed by atoms with E-state index in [0.717, 1.165) is 19.6 Å². The number of methoxy groups -OCH3 is 1. The van der Waals surface area contributed by atoms with E-state index in [0.29, 0.717) is 23.6 Å². The summed E-state index contributed by atoms with van der Waals surface area (Å²) in [5.74, 6) is 0.101. The zero-order chi connectivity index (χ0) is 13.7. The van der Waals surface area contributed by atoms with Crippen LogP contribution in [0.3, 0.4) is 0 Å². The van der Waals surface area contributed by atoms with Crippen LogP contribution in [-0.4, -0.2) is 44.2 Å². The summed E-state index contributed by atoms with van der Waals surface area (Å²) < 4.78 is 10.4. The Hall–Kier alpha value is -1.75. The molecule has 0 aromatic heterocycles. The topological polar surface area (TPSA) is 64.8 Å². The van der Waals surface area contributed by atoms with Gasteiger partial charge < -0.3 is 15.2 Å². The number of benzene rings is 1. The second-order valence-corrected chi connectivity index (χ2v) is 4.64. The van der Waals surface area contributed by atoms with Crippen molar-refractivity contribution in [2.24, 2.45) is 0 Å². The Labute approximate surface area is 113 Å². The van der Waals surface area contributed by atoms with Crippen LogP contribution in [-0.2, 0) is 4.74 Å². The summed E-state index contributed by atoms with van der Waals surface area (Å²) in [6.07, 6.45) is 2.47. The number of anilines is 1. The van der Waals surface area contributed by atoms with Crippen LogP contribution in [0.25, 0.3) is 0 Å². The maximum absolute atomic E-state index is 12.0. The number of likely N-dealkylation sites (tertiary alicyclic amines) is 1. The van der Waals surface area contributed by atoms with Gasteiger partial charge in [-0.1, -0.05) is 0 Å². The minimum atomic E-state index is -0.386. The number of hydrogen-bond acceptors (Lipinski definition) is 5. The normalized spacial score (nSPS) is 15.4. The molecule has 1 fully saturated rings. The summed E-state index contributed by atoms with van der Waals surface area (Å²) in [7, 11) is 1.52. The molecule has 0 saturated carbocycles. The summed E-state index contributed by atoms with van der Waals surface area (Å²) in [6.45, 7) is 3.38. The van der Waals surface area contributed by atoms with Crippen molar-refractivity contribution in [3.63, 3.8) is 0 Å². The summed E-state index contributed by atoms with van der Waals surface area (Å²) in [5, 5.41) is 0. The fourth-order valence-corrected chi connectivity index (χ4v) is 2.24. The Morgan fingerprint density at radius 1 is 1.37 bits per heavy atom. The first-order valence-electron chi connectivity index (χ1n) is 6.53. The molecule has 5 nitrogen and oxygen atoms in total. The number of esters is 1. The first-order valence-corrected chi connectivity index (χ1v) is 6.53. The van der Waals surface area contributed by atoms with Gasteiger partial charge in [0.05, 0.1) is 7.11 Å². The van der Waals surface area contributed by atoms with E-state index >= 15 is 0 Å². The maximum Gasteiger partial charge on any atom is 0.342 e. The largest absolute Gasteiger partial charge is 0.496 e. The smallest absolute Gasteiger partial charge is 0.342 e. The number of carbonyl (C=O) groups excluding carboxylic acids is 1. The third kappa shape index (κ3) is 3.61. The molecule has 1 aliphatic heterocycles. The van der Waals surface area contributed by atoms with Gasteiger partial charge in [0.2, 0.25) is 0 Å². The molecule has 1 aliphatic rings. The van der Waals surface area contributed by atoms with E-state index in [-0.39, 0.29) is 5.97 Å². The molecule has 104 valence electrons. The van der Waals surface area contributed by atoms with Gasteiger partial charge in [0.1, 0.15) is 17.9 Å². The van der Waals surface area contributed by atoms with Gasteiger partial charge >= 0.3 is 5.97 Å². The molecular weight excluding hydrogens is 244 g/mol. The van der Waals surface area contributed by atoms with Gasteiger partial charge in [-0.2, -0.15) is 0 Å². The Morgan fingerprint density at radius 2 is 2.11 bits per heavy atom. The highest BCUT2D eigenvalue weighted by atomic mass is 16.5. The molecule has 0 spiro atoms. The standard InChI is InChI=1S/C14H20N2O3/c1-18-13-5-4-11(15)10-12(13)14(17)19-9-8-16-6-2-3-7-16/h4-5,10H,2-3,6-9,15H2,1H3. The quantitative estimate of drug-likeness (QED) is 0.645. The number of rotatable bonds is 5. The van der Waals surface area contributed by atoms with Gasteiger partial charge in [0.15, 0.2) is 0 Å². The van der Waals surface area contributed by atoms with E-state index in [1.807, 2.05) is 0 Å². The van der Waals surface area contributed by atoms with Crippen molar-refractivity contribution in [2.45, 2.75) is 12.8 Å². The van der Waals surface area contributed by atoms with Crippen LogP contribution >= 0.6 is 0 Å². The van der Waals surface area contributed by atoms with E-state index in [4.69, 9.17) is 15.2 Å². The molecule has 1 aromatic rings. The van der Waals surface area contributed by atoms with Crippen molar-refractivity contribution in [3.05, 3.63) is 23.8 Å². The monoisotopic (exact) mass is 264 g/mol. The number of nitrogens with two attached hydrogens (primary N) is 1. The molecule has 0 aliphatic carbocycles. The average Bonchev–Trinajstić information content (AvgIpc) is 2.91. The van der Waals surface area contributed by atoms with Crippen LogP contribution in [0.2, 0.25) is 0 Å². The summed E-state index contributed by atoms with van der Waals surface area (Å²) >= 11 is 0. The molecule has 1 heterocycles. The first kappa shape index (κ1) is 13.7. The molecule has 0 atom stereocenters. The van der Waals surface area contributed by atoms with Crippen molar-refractivity contribution in [1.29, 1.82) is 0 Å². The van der Waals surface area contributed by atoms with Crippen molar-refractivity contribution in [2.75, 3.05) is 39.1 Å². The van der Waals surface area contributed by atoms with Gasteiger partial charge in [-0.3, -0.25) is 4.90 Å². The number of ether oxygens (including phenoxy) is 2. The highest BCUT2D eigenvalue weighted by Crippen LogP contribution is 2.21.